The fraction of sp³-hybridized carbons (Fsp3) is 0.214. The molecule has 0 saturated carbocycles. The molecule has 0 amide bonds. The summed E-state index contributed by atoms with van der Waals surface area (Å²) in [6.07, 6.45) is 4.20. The van der Waals surface area contributed by atoms with Crippen molar-refractivity contribution in [3.63, 3.8) is 0 Å². The van der Waals surface area contributed by atoms with Gasteiger partial charge in [-0.25, -0.2) is 0 Å². The van der Waals surface area contributed by atoms with Crippen LogP contribution in [0.1, 0.15) is 17.2 Å². The fourth-order valence-electron chi connectivity index (χ4n) is 1.98. The molecule has 2 rings (SSSR count). The van der Waals surface area contributed by atoms with Gasteiger partial charge in [0.1, 0.15) is 5.75 Å². The molecule has 4 nitrogen and oxygen atoms in total. The third-order valence-electron chi connectivity index (χ3n) is 2.95. The SMILES string of the molecule is COc1ccc(Cl)cc1CC(NN)c1cccnc1. The summed E-state index contributed by atoms with van der Waals surface area (Å²) in [5.74, 6) is 6.43. The first-order chi connectivity index (χ1) is 9.24. The van der Waals surface area contributed by atoms with Gasteiger partial charge < -0.3 is 4.74 Å². The predicted octanol–water partition coefficient (Wildman–Crippen LogP) is 2.49. The first-order valence-corrected chi connectivity index (χ1v) is 6.31. The summed E-state index contributed by atoms with van der Waals surface area (Å²) in [5, 5.41) is 0.678. The number of nitrogens with zero attached hydrogens (tertiary/aromatic N) is 1. The van der Waals surface area contributed by atoms with E-state index >= 15 is 0 Å². The zero-order chi connectivity index (χ0) is 13.7. The molecule has 1 aromatic heterocycles. The lowest BCUT2D eigenvalue weighted by atomic mass is 10.00. The minimum Gasteiger partial charge on any atom is -0.496 e. The van der Waals surface area contributed by atoms with Gasteiger partial charge in [0.2, 0.25) is 0 Å². The largest absolute Gasteiger partial charge is 0.496 e. The molecule has 0 radical (unpaired) electrons. The third-order valence-corrected chi connectivity index (χ3v) is 3.19. The quantitative estimate of drug-likeness (QED) is 0.651. The van der Waals surface area contributed by atoms with Crippen molar-refractivity contribution in [2.45, 2.75) is 12.5 Å². The van der Waals surface area contributed by atoms with Crippen LogP contribution < -0.4 is 16.0 Å². The molecular weight excluding hydrogens is 262 g/mol. The zero-order valence-corrected chi connectivity index (χ0v) is 11.4. The highest BCUT2D eigenvalue weighted by Gasteiger charge is 2.14. The molecule has 2 aromatic rings. The van der Waals surface area contributed by atoms with E-state index in [0.29, 0.717) is 11.4 Å². The summed E-state index contributed by atoms with van der Waals surface area (Å²) >= 11 is 6.03. The van der Waals surface area contributed by atoms with E-state index in [1.165, 1.54) is 0 Å². The zero-order valence-electron chi connectivity index (χ0n) is 10.6. The van der Waals surface area contributed by atoms with E-state index in [2.05, 4.69) is 10.4 Å². The monoisotopic (exact) mass is 277 g/mol. The van der Waals surface area contributed by atoms with Crippen molar-refractivity contribution in [2.75, 3.05) is 7.11 Å². The number of nitrogens with one attached hydrogen (secondary N) is 1. The Balaban J connectivity index is 2.26. The Morgan fingerprint density at radius 1 is 1.42 bits per heavy atom. The van der Waals surface area contributed by atoms with Gasteiger partial charge in [0, 0.05) is 17.4 Å². The number of aromatic nitrogens is 1. The maximum atomic E-state index is 6.03. The number of hydrazine groups is 1. The number of nitrogens with two attached hydrogens (primary N) is 1. The standard InChI is InChI=1S/C14H16ClN3O/c1-19-14-5-4-12(15)7-11(14)8-13(18-16)10-3-2-6-17-9-10/h2-7,9,13,18H,8,16H2,1H3. The lowest BCUT2D eigenvalue weighted by Crippen LogP contribution is -2.29. The third kappa shape index (κ3) is 3.44. The van der Waals surface area contributed by atoms with Crippen LogP contribution in [0, 0.1) is 0 Å². The van der Waals surface area contributed by atoms with Gasteiger partial charge in [-0.3, -0.25) is 16.3 Å². The molecule has 5 heteroatoms. The molecule has 0 saturated heterocycles. The summed E-state index contributed by atoms with van der Waals surface area (Å²) in [7, 11) is 1.64. The van der Waals surface area contributed by atoms with Crippen molar-refractivity contribution >= 4 is 11.6 Å². The van der Waals surface area contributed by atoms with Gasteiger partial charge in [-0.15, -0.1) is 0 Å². The second kappa shape index (κ2) is 6.52. The average molecular weight is 278 g/mol. The first-order valence-electron chi connectivity index (χ1n) is 5.93. The topological polar surface area (TPSA) is 60.2 Å². The number of hydrogen-bond acceptors (Lipinski definition) is 4. The van der Waals surface area contributed by atoms with E-state index in [0.717, 1.165) is 16.9 Å². The van der Waals surface area contributed by atoms with Crippen LogP contribution in [0.5, 0.6) is 5.75 Å². The Bertz CT molecular complexity index is 533. The maximum Gasteiger partial charge on any atom is 0.122 e. The normalized spacial score (nSPS) is 12.2. The van der Waals surface area contributed by atoms with Crippen molar-refractivity contribution in [1.29, 1.82) is 0 Å². The van der Waals surface area contributed by atoms with Crippen LogP contribution in [-0.2, 0) is 6.42 Å². The molecule has 0 aliphatic heterocycles. The highest BCUT2D eigenvalue weighted by atomic mass is 35.5. The Hall–Kier alpha value is -1.62. The summed E-state index contributed by atoms with van der Waals surface area (Å²) < 4.78 is 5.34. The lowest BCUT2D eigenvalue weighted by molar-refractivity contribution is 0.405. The van der Waals surface area contributed by atoms with E-state index in [1.807, 2.05) is 24.3 Å². The van der Waals surface area contributed by atoms with Crippen LogP contribution in [0.3, 0.4) is 0 Å². The van der Waals surface area contributed by atoms with Crippen LogP contribution in [-0.4, -0.2) is 12.1 Å². The van der Waals surface area contributed by atoms with Crippen molar-refractivity contribution in [3.8, 4) is 5.75 Å². The van der Waals surface area contributed by atoms with Crippen LogP contribution in [0.4, 0.5) is 0 Å². The molecule has 19 heavy (non-hydrogen) atoms. The van der Waals surface area contributed by atoms with Gasteiger partial charge in [0.05, 0.1) is 13.2 Å². The molecule has 0 aliphatic rings. The van der Waals surface area contributed by atoms with E-state index < -0.39 is 0 Å². The molecule has 0 bridgehead atoms. The van der Waals surface area contributed by atoms with Crippen LogP contribution in [0.2, 0.25) is 5.02 Å². The summed E-state index contributed by atoms with van der Waals surface area (Å²) in [6.45, 7) is 0. The number of pyridine rings is 1. The molecule has 0 spiro atoms. The fourth-order valence-corrected chi connectivity index (χ4v) is 2.18. The second-order valence-electron chi connectivity index (χ2n) is 4.17. The van der Waals surface area contributed by atoms with E-state index in [9.17, 15) is 0 Å². The van der Waals surface area contributed by atoms with Gasteiger partial charge in [-0.2, -0.15) is 0 Å². The van der Waals surface area contributed by atoms with Gasteiger partial charge in [0.15, 0.2) is 0 Å². The van der Waals surface area contributed by atoms with Crippen molar-refractivity contribution in [2.24, 2.45) is 5.84 Å². The van der Waals surface area contributed by atoms with Crippen molar-refractivity contribution in [1.82, 2.24) is 10.4 Å². The molecule has 1 heterocycles. The van der Waals surface area contributed by atoms with Gasteiger partial charge in [-0.1, -0.05) is 17.7 Å². The molecule has 0 aliphatic carbocycles. The minimum absolute atomic E-state index is 0.0407. The lowest BCUT2D eigenvalue weighted by Gasteiger charge is -2.17. The van der Waals surface area contributed by atoms with Gasteiger partial charge in [0.25, 0.3) is 0 Å². The van der Waals surface area contributed by atoms with E-state index in [4.69, 9.17) is 22.2 Å². The second-order valence-corrected chi connectivity index (χ2v) is 4.60. The molecule has 1 atom stereocenters. The molecule has 1 unspecified atom stereocenters. The summed E-state index contributed by atoms with van der Waals surface area (Å²) in [6, 6.07) is 9.37. The highest BCUT2D eigenvalue weighted by molar-refractivity contribution is 6.30. The molecule has 3 N–H and O–H groups in total. The van der Waals surface area contributed by atoms with E-state index in [1.54, 1.807) is 25.6 Å². The smallest absolute Gasteiger partial charge is 0.122 e. The molecule has 0 fully saturated rings. The number of benzene rings is 1. The van der Waals surface area contributed by atoms with Gasteiger partial charge in [-0.05, 0) is 41.8 Å². The van der Waals surface area contributed by atoms with Crippen molar-refractivity contribution < 1.29 is 4.74 Å². The number of rotatable bonds is 5. The van der Waals surface area contributed by atoms with Crippen LogP contribution in [0.25, 0.3) is 0 Å². The number of hydrogen-bond donors (Lipinski definition) is 2. The predicted molar refractivity (Wildman–Crippen MR) is 76.0 cm³/mol. The minimum atomic E-state index is -0.0407. The Labute approximate surface area is 117 Å². The Morgan fingerprint density at radius 2 is 2.26 bits per heavy atom. The summed E-state index contributed by atoms with van der Waals surface area (Å²) in [4.78, 5) is 4.10. The Morgan fingerprint density at radius 3 is 2.89 bits per heavy atom. The molecule has 1 aromatic carbocycles. The average Bonchev–Trinajstić information content (AvgIpc) is 2.46. The number of methoxy groups -OCH3 is 1. The Kier molecular flexibility index (Phi) is 4.74. The van der Waals surface area contributed by atoms with Crippen molar-refractivity contribution in [3.05, 3.63) is 58.9 Å². The highest BCUT2D eigenvalue weighted by Crippen LogP contribution is 2.27. The van der Waals surface area contributed by atoms with Crippen LogP contribution in [0.15, 0.2) is 42.7 Å². The summed E-state index contributed by atoms with van der Waals surface area (Å²) in [5.41, 5.74) is 4.82. The molecular formula is C14H16ClN3O. The number of halogens is 1. The number of ether oxygens (including phenoxy) is 1. The first kappa shape index (κ1) is 13.8. The van der Waals surface area contributed by atoms with E-state index in [-0.39, 0.29) is 6.04 Å². The molecule has 100 valence electrons. The maximum absolute atomic E-state index is 6.03. The van der Waals surface area contributed by atoms with Gasteiger partial charge >= 0.3 is 0 Å². The van der Waals surface area contributed by atoms with Crippen LogP contribution >= 0.6 is 11.6 Å².